The molecule has 1 amide bonds. The van der Waals surface area contributed by atoms with E-state index < -0.39 is 0 Å². The van der Waals surface area contributed by atoms with Gasteiger partial charge in [-0.05, 0) is 19.1 Å². The lowest BCUT2D eigenvalue weighted by Gasteiger charge is -2.12. The summed E-state index contributed by atoms with van der Waals surface area (Å²) in [6.07, 6.45) is 1.60. The molecule has 16 heavy (non-hydrogen) atoms. The minimum absolute atomic E-state index is 0.0301. The molecule has 0 aromatic carbocycles. The van der Waals surface area contributed by atoms with Crippen LogP contribution in [0.4, 0.5) is 5.69 Å². The van der Waals surface area contributed by atoms with E-state index in [1.54, 1.807) is 32.5 Å². The zero-order valence-electron chi connectivity index (χ0n) is 9.78. The third kappa shape index (κ3) is 3.51. The van der Waals surface area contributed by atoms with Gasteiger partial charge in [-0.15, -0.1) is 0 Å². The van der Waals surface area contributed by atoms with Gasteiger partial charge in [0.05, 0.1) is 6.61 Å². The molecule has 0 saturated heterocycles. The van der Waals surface area contributed by atoms with E-state index in [1.165, 1.54) is 0 Å². The molecule has 0 spiro atoms. The molecule has 5 heteroatoms. The first-order valence-electron chi connectivity index (χ1n) is 5.11. The van der Waals surface area contributed by atoms with Crippen molar-refractivity contribution >= 4 is 11.6 Å². The van der Waals surface area contributed by atoms with Crippen molar-refractivity contribution in [3.05, 3.63) is 24.0 Å². The van der Waals surface area contributed by atoms with E-state index in [9.17, 15) is 4.79 Å². The Bertz CT molecular complexity index is 355. The summed E-state index contributed by atoms with van der Waals surface area (Å²) in [6.45, 7) is 2.36. The molecule has 0 aliphatic rings. The van der Waals surface area contributed by atoms with Crippen LogP contribution in [-0.2, 0) is 4.74 Å². The number of amides is 1. The number of methoxy groups -OCH3 is 1. The zero-order valence-corrected chi connectivity index (χ0v) is 9.78. The van der Waals surface area contributed by atoms with Crippen molar-refractivity contribution in [2.75, 3.05) is 26.1 Å². The average molecular weight is 223 g/mol. The minimum atomic E-state index is -0.193. The molecule has 88 valence electrons. The predicted molar refractivity (Wildman–Crippen MR) is 62.6 cm³/mol. The Morgan fingerprint density at radius 2 is 2.38 bits per heavy atom. The van der Waals surface area contributed by atoms with Crippen LogP contribution in [0.3, 0.4) is 0 Å². The number of anilines is 1. The highest BCUT2D eigenvalue weighted by molar-refractivity contribution is 5.93. The zero-order chi connectivity index (χ0) is 12.0. The number of pyridine rings is 1. The molecule has 0 radical (unpaired) electrons. The van der Waals surface area contributed by atoms with Crippen molar-refractivity contribution in [2.45, 2.75) is 13.0 Å². The van der Waals surface area contributed by atoms with Crippen LogP contribution < -0.4 is 10.6 Å². The standard InChI is InChI=1S/C11H17N3O2/c1-8(7-16-3)14-11(15)10-6-9(12-2)4-5-13-10/h4-6,8H,7H2,1-3H3,(H,12,13)(H,14,15). The van der Waals surface area contributed by atoms with Crippen molar-refractivity contribution in [3.8, 4) is 0 Å². The van der Waals surface area contributed by atoms with Gasteiger partial charge in [-0.1, -0.05) is 0 Å². The van der Waals surface area contributed by atoms with Gasteiger partial charge in [-0.2, -0.15) is 0 Å². The maximum absolute atomic E-state index is 11.7. The van der Waals surface area contributed by atoms with E-state index in [1.807, 2.05) is 6.92 Å². The highest BCUT2D eigenvalue weighted by atomic mass is 16.5. The number of hydrogen-bond acceptors (Lipinski definition) is 4. The third-order valence-corrected chi connectivity index (χ3v) is 2.08. The summed E-state index contributed by atoms with van der Waals surface area (Å²) in [7, 11) is 3.40. The Hall–Kier alpha value is -1.62. The number of nitrogens with zero attached hydrogens (tertiary/aromatic N) is 1. The summed E-state index contributed by atoms with van der Waals surface area (Å²) >= 11 is 0. The topological polar surface area (TPSA) is 63.2 Å². The van der Waals surface area contributed by atoms with Crippen molar-refractivity contribution in [1.82, 2.24) is 10.3 Å². The van der Waals surface area contributed by atoms with Gasteiger partial charge in [0.15, 0.2) is 0 Å². The molecular formula is C11H17N3O2. The number of nitrogens with one attached hydrogen (secondary N) is 2. The van der Waals surface area contributed by atoms with Crippen LogP contribution in [0.1, 0.15) is 17.4 Å². The van der Waals surface area contributed by atoms with Gasteiger partial charge in [-0.25, -0.2) is 0 Å². The molecule has 1 aromatic rings. The molecule has 0 aliphatic carbocycles. The molecule has 1 rings (SSSR count). The summed E-state index contributed by atoms with van der Waals surface area (Å²) in [5, 5.41) is 5.75. The Labute approximate surface area is 95.2 Å². The normalized spacial score (nSPS) is 11.9. The Kier molecular flexibility index (Phi) is 4.72. The molecule has 1 unspecified atom stereocenters. The second kappa shape index (κ2) is 6.07. The summed E-state index contributed by atoms with van der Waals surface area (Å²) in [5.74, 6) is -0.193. The van der Waals surface area contributed by atoms with Crippen LogP contribution in [0.5, 0.6) is 0 Å². The van der Waals surface area contributed by atoms with Crippen LogP contribution in [-0.4, -0.2) is 37.7 Å². The third-order valence-electron chi connectivity index (χ3n) is 2.08. The monoisotopic (exact) mass is 223 g/mol. The van der Waals surface area contributed by atoms with Crippen LogP contribution in [0.2, 0.25) is 0 Å². The molecular weight excluding hydrogens is 206 g/mol. The van der Waals surface area contributed by atoms with E-state index in [0.29, 0.717) is 12.3 Å². The maximum atomic E-state index is 11.7. The van der Waals surface area contributed by atoms with Gasteiger partial charge in [0.25, 0.3) is 5.91 Å². The lowest BCUT2D eigenvalue weighted by Crippen LogP contribution is -2.36. The van der Waals surface area contributed by atoms with E-state index in [2.05, 4.69) is 15.6 Å². The summed E-state index contributed by atoms with van der Waals surface area (Å²) in [6, 6.07) is 3.47. The van der Waals surface area contributed by atoms with Crippen LogP contribution in [0.15, 0.2) is 18.3 Å². The average Bonchev–Trinajstić information content (AvgIpc) is 2.29. The van der Waals surface area contributed by atoms with E-state index >= 15 is 0 Å². The van der Waals surface area contributed by atoms with Gasteiger partial charge in [0, 0.05) is 32.1 Å². The van der Waals surface area contributed by atoms with Gasteiger partial charge in [0.2, 0.25) is 0 Å². The van der Waals surface area contributed by atoms with Gasteiger partial charge < -0.3 is 15.4 Å². The number of carbonyl (C=O) groups is 1. The smallest absolute Gasteiger partial charge is 0.270 e. The minimum Gasteiger partial charge on any atom is -0.388 e. The molecule has 0 saturated carbocycles. The number of ether oxygens (including phenoxy) is 1. The predicted octanol–water partition coefficient (Wildman–Crippen LogP) is 0.888. The number of hydrogen-bond donors (Lipinski definition) is 2. The van der Waals surface area contributed by atoms with Crippen LogP contribution >= 0.6 is 0 Å². The number of carbonyl (C=O) groups excluding carboxylic acids is 1. The lowest BCUT2D eigenvalue weighted by atomic mass is 10.2. The first kappa shape index (κ1) is 12.4. The fraction of sp³-hybridized carbons (Fsp3) is 0.455. The molecule has 0 bridgehead atoms. The summed E-state index contributed by atoms with van der Waals surface area (Å²) in [5.41, 5.74) is 1.26. The maximum Gasteiger partial charge on any atom is 0.270 e. The van der Waals surface area contributed by atoms with E-state index in [-0.39, 0.29) is 11.9 Å². The molecule has 0 aliphatic heterocycles. The Morgan fingerprint density at radius 1 is 1.62 bits per heavy atom. The summed E-state index contributed by atoms with van der Waals surface area (Å²) in [4.78, 5) is 15.7. The molecule has 0 fully saturated rings. The van der Waals surface area contributed by atoms with Crippen LogP contribution in [0, 0.1) is 0 Å². The molecule has 1 atom stereocenters. The first-order chi connectivity index (χ1) is 7.67. The SMILES string of the molecule is CNc1ccnc(C(=O)NC(C)COC)c1. The Morgan fingerprint density at radius 3 is 3.00 bits per heavy atom. The first-order valence-corrected chi connectivity index (χ1v) is 5.11. The number of aromatic nitrogens is 1. The fourth-order valence-electron chi connectivity index (χ4n) is 1.30. The van der Waals surface area contributed by atoms with Gasteiger partial charge in [-0.3, -0.25) is 9.78 Å². The molecule has 1 heterocycles. The highest BCUT2D eigenvalue weighted by Crippen LogP contribution is 2.06. The van der Waals surface area contributed by atoms with Gasteiger partial charge in [0.1, 0.15) is 5.69 Å². The Balaban J connectivity index is 2.65. The van der Waals surface area contributed by atoms with Gasteiger partial charge >= 0.3 is 0 Å². The molecule has 1 aromatic heterocycles. The largest absolute Gasteiger partial charge is 0.388 e. The quantitative estimate of drug-likeness (QED) is 0.778. The van der Waals surface area contributed by atoms with Crippen molar-refractivity contribution in [2.24, 2.45) is 0 Å². The number of rotatable bonds is 5. The van der Waals surface area contributed by atoms with Crippen LogP contribution in [0.25, 0.3) is 0 Å². The van der Waals surface area contributed by atoms with Crippen molar-refractivity contribution in [3.63, 3.8) is 0 Å². The van der Waals surface area contributed by atoms with Crippen molar-refractivity contribution < 1.29 is 9.53 Å². The fourth-order valence-corrected chi connectivity index (χ4v) is 1.30. The second-order valence-electron chi connectivity index (χ2n) is 3.51. The van der Waals surface area contributed by atoms with E-state index in [4.69, 9.17) is 4.74 Å². The molecule has 2 N–H and O–H groups in total. The highest BCUT2D eigenvalue weighted by Gasteiger charge is 2.10. The second-order valence-corrected chi connectivity index (χ2v) is 3.51. The lowest BCUT2D eigenvalue weighted by molar-refractivity contribution is 0.0900. The summed E-state index contributed by atoms with van der Waals surface area (Å²) < 4.78 is 4.94. The van der Waals surface area contributed by atoms with Crippen molar-refractivity contribution in [1.29, 1.82) is 0 Å². The molecule has 5 nitrogen and oxygen atoms in total. The van der Waals surface area contributed by atoms with E-state index in [0.717, 1.165) is 5.69 Å².